The molecule has 2 heterocycles. The van der Waals surface area contributed by atoms with Crippen molar-refractivity contribution in [3.63, 3.8) is 0 Å². The molecule has 6 nitrogen and oxygen atoms in total. The number of hydrogen-bond acceptors (Lipinski definition) is 5. The van der Waals surface area contributed by atoms with Crippen LogP contribution in [0, 0.1) is 0 Å². The number of carbonyl (C=O) groups excluding carboxylic acids is 1. The van der Waals surface area contributed by atoms with Crippen molar-refractivity contribution < 1.29 is 9.53 Å². The Morgan fingerprint density at radius 3 is 2.86 bits per heavy atom. The van der Waals surface area contributed by atoms with Gasteiger partial charge in [0.25, 0.3) is 5.56 Å². The van der Waals surface area contributed by atoms with Crippen LogP contribution in [-0.2, 0) is 4.74 Å². The van der Waals surface area contributed by atoms with Gasteiger partial charge in [0.15, 0.2) is 0 Å². The lowest BCUT2D eigenvalue weighted by Crippen LogP contribution is -2.10. The fraction of sp³-hybridized carbons (Fsp3) is 0.0667. The predicted molar refractivity (Wildman–Crippen MR) is 76.9 cm³/mol. The van der Waals surface area contributed by atoms with Gasteiger partial charge >= 0.3 is 5.97 Å². The van der Waals surface area contributed by atoms with Crippen LogP contribution in [0.2, 0.25) is 0 Å². The summed E-state index contributed by atoms with van der Waals surface area (Å²) >= 11 is 0. The molecule has 0 amide bonds. The van der Waals surface area contributed by atoms with Crippen LogP contribution >= 0.6 is 0 Å². The highest BCUT2D eigenvalue weighted by Crippen LogP contribution is 2.16. The molecule has 0 aliphatic rings. The molecular formula is C15H11N3O3. The highest BCUT2D eigenvalue weighted by molar-refractivity contribution is 5.94. The van der Waals surface area contributed by atoms with Crippen molar-refractivity contribution in [2.75, 3.05) is 7.11 Å². The van der Waals surface area contributed by atoms with Gasteiger partial charge in [-0.05, 0) is 30.3 Å². The van der Waals surface area contributed by atoms with E-state index in [1.807, 2.05) is 0 Å². The van der Waals surface area contributed by atoms with Gasteiger partial charge in [0.05, 0.1) is 23.6 Å². The maximum atomic E-state index is 12.1. The normalized spacial score (nSPS) is 10.5. The fourth-order valence-corrected chi connectivity index (χ4v) is 2.02. The summed E-state index contributed by atoms with van der Waals surface area (Å²) in [7, 11) is 1.30. The largest absolute Gasteiger partial charge is 0.465 e. The number of H-pyrrole nitrogens is 1. The highest BCUT2D eigenvalue weighted by atomic mass is 16.5. The van der Waals surface area contributed by atoms with Crippen molar-refractivity contribution in [2.24, 2.45) is 0 Å². The first kappa shape index (κ1) is 13.0. The average Bonchev–Trinajstić information content (AvgIpc) is 2.54. The van der Waals surface area contributed by atoms with Gasteiger partial charge in [-0.3, -0.25) is 9.78 Å². The van der Waals surface area contributed by atoms with Gasteiger partial charge < -0.3 is 9.72 Å². The van der Waals surface area contributed by atoms with Gasteiger partial charge in [-0.15, -0.1) is 0 Å². The maximum absolute atomic E-state index is 12.1. The van der Waals surface area contributed by atoms with Crippen LogP contribution in [0.1, 0.15) is 10.4 Å². The Bertz CT molecular complexity index is 872. The summed E-state index contributed by atoms with van der Waals surface area (Å²) in [6.45, 7) is 0. The van der Waals surface area contributed by atoms with Crippen molar-refractivity contribution in [1.29, 1.82) is 0 Å². The number of nitrogens with one attached hydrogen (secondary N) is 1. The van der Waals surface area contributed by atoms with Gasteiger partial charge in [0, 0.05) is 18.0 Å². The number of benzene rings is 1. The molecule has 0 aliphatic heterocycles. The molecule has 0 bridgehead atoms. The van der Waals surface area contributed by atoms with E-state index in [2.05, 4.69) is 19.7 Å². The second kappa shape index (κ2) is 5.16. The fourth-order valence-electron chi connectivity index (χ4n) is 2.02. The predicted octanol–water partition coefficient (Wildman–Crippen LogP) is 1.77. The van der Waals surface area contributed by atoms with Crippen LogP contribution in [0.25, 0.3) is 22.3 Å². The highest BCUT2D eigenvalue weighted by Gasteiger charge is 2.10. The Balaban J connectivity index is 2.22. The van der Waals surface area contributed by atoms with Crippen LogP contribution in [0.5, 0.6) is 0 Å². The summed E-state index contributed by atoms with van der Waals surface area (Å²) < 4.78 is 4.67. The molecule has 0 unspecified atom stereocenters. The first-order valence-electron chi connectivity index (χ1n) is 6.22. The van der Waals surface area contributed by atoms with Crippen LogP contribution in [-0.4, -0.2) is 28.0 Å². The molecule has 0 fully saturated rings. The molecule has 0 aliphatic carbocycles. The minimum absolute atomic E-state index is 0.268. The molecule has 6 heteroatoms. The van der Waals surface area contributed by atoms with Crippen molar-refractivity contribution in [1.82, 2.24) is 15.0 Å². The van der Waals surface area contributed by atoms with Gasteiger partial charge in [0.1, 0.15) is 5.82 Å². The van der Waals surface area contributed by atoms with Gasteiger partial charge in [-0.25, -0.2) is 9.78 Å². The second-order valence-electron chi connectivity index (χ2n) is 4.38. The number of ether oxygens (including phenoxy) is 1. The molecule has 3 rings (SSSR count). The number of rotatable bonds is 2. The molecule has 21 heavy (non-hydrogen) atoms. The summed E-state index contributed by atoms with van der Waals surface area (Å²) in [5.41, 5.74) is 1.20. The van der Waals surface area contributed by atoms with E-state index in [0.29, 0.717) is 27.9 Å². The van der Waals surface area contributed by atoms with Crippen molar-refractivity contribution in [2.45, 2.75) is 0 Å². The Morgan fingerprint density at radius 1 is 1.29 bits per heavy atom. The molecule has 0 saturated heterocycles. The molecule has 0 spiro atoms. The second-order valence-corrected chi connectivity index (χ2v) is 4.38. The minimum atomic E-state index is -0.470. The van der Waals surface area contributed by atoms with Gasteiger partial charge in [0.2, 0.25) is 0 Å². The zero-order valence-electron chi connectivity index (χ0n) is 11.2. The van der Waals surface area contributed by atoms with E-state index in [0.717, 1.165) is 0 Å². The molecule has 1 aromatic carbocycles. The first-order chi connectivity index (χ1) is 10.2. The Morgan fingerprint density at radius 2 is 2.14 bits per heavy atom. The minimum Gasteiger partial charge on any atom is -0.465 e. The lowest BCUT2D eigenvalue weighted by Gasteiger charge is -2.04. The molecule has 2 aromatic heterocycles. The van der Waals surface area contributed by atoms with E-state index in [4.69, 9.17) is 0 Å². The number of hydrogen-bond donors (Lipinski definition) is 1. The number of carbonyl (C=O) groups is 1. The first-order valence-corrected chi connectivity index (χ1v) is 6.22. The van der Waals surface area contributed by atoms with Crippen LogP contribution in [0.4, 0.5) is 0 Å². The third-order valence-corrected chi connectivity index (χ3v) is 3.06. The summed E-state index contributed by atoms with van der Waals surface area (Å²) in [5.74, 6) is -0.0653. The molecule has 0 saturated carbocycles. The average molecular weight is 281 g/mol. The molecule has 0 atom stereocenters. The van der Waals surface area contributed by atoms with Crippen LogP contribution in [0.3, 0.4) is 0 Å². The van der Waals surface area contributed by atoms with Gasteiger partial charge in [-0.1, -0.05) is 0 Å². The third-order valence-electron chi connectivity index (χ3n) is 3.06. The quantitative estimate of drug-likeness (QED) is 0.724. The van der Waals surface area contributed by atoms with E-state index in [1.165, 1.54) is 19.2 Å². The van der Waals surface area contributed by atoms with Crippen LogP contribution in [0.15, 0.2) is 47.5 Å². The topological polar surface area (TPSA) is 84.9 Å². The standard InChI is InChI=1S/C15H11N3O3/c1-21-15(20)9-4-5-11-12(7-9)17-13(18-14(11)19)10-3-2-6-16-8-10/h2-8H,1H3,(H,17,18,19). The van der Waals surface area contributed by atoms with E-state index in [9.17, 15) is 9.59 Å². The van der Waals surface area contributed by atoms with Crippen molar-refractivity contribution >= 4 is 16.9 Å². The zero-order chi connectivity index (χ0) is 14.8. The third kappa shape index (κ3) is 2.38. The summed E-state index contributed by atoms with van der Waals surface area (Å²) in [5, 5.41) is 0.412. The molecule has 0 radical (unpaired) electrons. The van der Waals surface area contributed by atoms with Crippen LogP contribution < -0.4 is 5.56 Å². The smallest absolute Gasteiger partial charge is 0.337 e. The lowest BCUT2D eigenvalue weighted by molar-refractivity contribution is 0.0601. The van der Waals surface area contributed by atoms with E-state index < -0.39 is 5.97 Å². The van der Waals surface area contributed by atoms with Crippen molar-refractivity contribution in [3.8, 4) is 11.4 Å². The zero-order valence-corrected chi connectivity index (χ0v) is 11.2. The van der Waals surface area contributed by atoms with Gasteiger partial charge in [-0.2, -0.15) is 0 Å². The number of methoxy groups -OCH3 is 1. The van der Waals surface area contributed by atoms with E-state index >= 15 is 0 Å². The number of esters is 1. The Kier molecular flexibility index (Phi) is 3.19. The Hall–Kier alpha value is -3.02. The Labute approximate surface area is 119 Å². The molecule has 1 N–H and O–H groups in total. The SMILES string of the molecule is COC(=O)c1ccc2c(=O)[nH]c(-c3cccnc3)nc2c1. The summed E-state index contributed by atoms with van der Waals surface area (Å²) in [6, 6.07) is 8.18. The number of aromatic amines is 1. The monoisotopic (exact) mass is 281 g/mol. The van der Waals surface area contributed by atoms with Crippen molar-refractivity contribution in [3.05, 3.63) is 58.6 Å². The van der Waals surface area contributed by atoms with E-state index in [1.54, 1.807) is 30.6 Å². The number of fused-ring (bicyclic) bond motifs is 1. The molecular weight excluding hydrogens is 270 g/mol. The summed E-state index contributed by atoms with van der Waals surface area (Å²) in [4.78, 5) is 34.7. The molecule has 104 valence electrons. The maximum Gasteiger partial charge on any atom is 0.337 e. The lowest BCUT2D eigenvalue weighted by atomic mass is 10.1. The number of pyridine rings is 1. The summed E-state index contributed by atoms with van der Waals surface area (Å²) in [6.07, 6.45) is 3.24. The van der Waals surface area contributed by atoms with E-state index in [-0.39, 0.29) is 5.56 Å². The molecule has 3 aromatic rings. The number of aromatic nitrogens is 3. The number of nitrogens with zero attached hydrogens (tertiary/aromatic N) is 2.